The summed E-state index contributed by atoms with van der Waals surface area (Å²) in [6.07, 6.45) is 3.31. The molecule has 0 aliphatic carbocycles. The third-order valence-electron chi connectivity index (χ3n) is 13.4. The summed E-state index contributed by atoms with van der Waals surface area (Å²) in [4.78, 5) is 54.2. The molecule has 0 bridgehead atoms. The quantitative estimate of drug-likeness (QED) is 0.189. The Bertz CT molecular complexity index is 2510. The third-order valence-corrected chi connectivity index (χ3v) is 13.4. The summed E-state index contributed by atoms with van der Waals surface area (Å²) in [7, 11) is 2.07. The van der Waals surface area contributed by atoms with E-state index in [1.54, 1.807) is 29.2 Å². The molecule has 2 saturated heterocycles. The van der Waals surface area contributed by atoms with E-state index in [1.807, 2.05) is 58.3 Å². The number of phenolic OH excluding ortho intramolecular Hbond substituents is 1. The third kappa shape index (κ3) is 8.28. The van der Waals surface area contributed by atoms with E-state index in [4.69, 9.17) is 14.2 Å². The fourth-order valence-corrected chi connectivity index (χ4v) is 9.83. The van der Waals surface area contributed by atoms with E-state index in [2.05, 4.69) is 39.6 Å². The number of nitrogens with zero attached hydrogens (tertiary/aromatic N) is 6. The van der Waals surface area contributed by atoms with Gasteiger partial charge >= 0.3 is 0 Å². The van der Waals surface area contributed by atoms with Crippen molar-refractivity contribution >= 4 is 23.4 Å². The van der Waals surface area contributed by atoms with Gasteiger partial charge < -0.3 is 43.5 Å². The molecule has 1 atom stereocenters. The van der Waals surface area contributed by atoms with E-state index < -0.39 is 0 Å². The van der Waals surface area contributed by atoms with Crippen molar-refractivity contribution in [1.82, 2.24) is 24.2 Å². The largest absolute Gasteiger partial charge is 0.508 e. The predicted molar refractivity (Wildman–Crippen MR) is 238 cm³/mol. The standard InChI is InChI=1S/C50H54N6O7/c1-51-18-20-53(21-19-51)48(58)35-11-9-34(10-12-35)30-55(38-13-15-40(57)16-14-38)50(60)43-27-45(54-17-5-4-8-44(43)54)41-28-46-47(63-33-62-46)29-42(41)49(59)56-31-37-7-3-2-6-36(37)26-39(56)32-52-22-24-61-25-23-52/h2-3,6-7,9-16,27-29,39,57H,4-5,8,17-26,30-33H2,1H3. The Kier molecular flexibility index (Phi) is 11.4. The predicted octanol–water partition coefficient (Wildman–Crippen LogP) is 6.06. The molecular weight excluding hydrogens is 797 g/mol. The molecule has 2 fully saturated rings. The Labute approximate surface area is 367 Å². The van der Waals surface area contributed by atoms with Crippen molar-refractivity contribution in [2.24, 2.45) is 0 Å². The van der Waals surface area contributed by atoms with Gasteiger partial charge in [-0.1, -0.05) is 36.4 Å². The number of aromatic nitrogens is 1. The van der Waals surface area contributed by atoms with Crippen molar-refractivity contribution in [3.63, 3.8) is 0 Å². The zero-order valence-electron chi connectivity index (χ0n) is 35.8. The first-order valence-corrected chi connectivity index (χ1v) is 22.3. The van der Waals surface area contributed by atoms with Gasteiger partial charge in [-0.15, -0.1) is 0 Å². The van der Waals surface area contributed by atoms with Gasteiger partial charge in [0.25, 0.3) is 17.7 Å². The Morgan fingerprint density at radius 2 is 1.49 bits per heavy atom. The SMILES string of the molecule is CN1CCN(C(=O)c2ccc(CN(C(=O)c3cc(-c4cc5c(cc4C(=O)N4Cc6ccccc6CC4CN4CCOCC4)OCO5)n4c3CCCC4)c3ccc(O)cc3)cc2)CC1. The lowest BCUT2D eigenvalue weighted by Crippen LogP contribution is -2.52. The lowest BCUT2D eigenvalue weighted by atomic mass is 9.92. The summed E-state index contributed by atoms with van der Waals surface area (Å²) < 4.78 is 19.7. The second-order valence-corrected chi connectivity index (χ2v) is 17.4. The molecule has 1 unspecified atom stereocenters. The average molecular weight is 851 g/mol. The molecule has 63 heavy (non-hydrogen) atoms. The maximum atomic E-state index is 15.3. The normalized spacial score (nSPS) is 18.8. The molecular formula is C50H54N6O7. The molecule has 0 spiro atoms. The zero-order chi connectivity index (χ0) is 43.0. The van der Waals surface area contributed by atoms with Crippen LogP contribution in [0.15, 0.2) is 91.0 Å². The molecule has 5 aromatic rings. The van der Waals surface area contributed by atoms with Crippen LogP contribution in [-0.2, 0) is 37.2 Å². The summed E-state index contributed by atoms with van der Waals surface area (Å²) in [6.45, 7) is 8.29. The minimum absolute atomic E-state index is 0.00757. The number of fused-ring (bicyclic) bond motifs is 3. The van der Waals surface area contributed by atoms with E-state index >= 15 is 9.59 Å². The number of hydrogen-bond donors (Lipinski definition) is 1. The van der Waals surface area contributed by atoms with Crippen LogP contribution in [0.25, 0.3) is 11.3 Å². The Balaban J connectivity index is 1.01. The van der Waals surface area contributed by atoms with E-state index in [1.165, 1.54) is 5.56 Å². The molecule has 4 aromatic carbocycles. The fourth-order valence-electron chi connectivity index (χ4n) is 9.83. The first-order valence-electron chi connectivity index (χ1n) is 22.3. The van der Waals surface area contributed by atoms with E-state index in [-0.39, 0.29) is 42.9 Å². The van der Waals surface area contributed by atoms with Gasteiger partial charge in [0, 0.05) is 93.1 Å². The molecule has 6 heterocycles. The van der Waals surface area contributed by atoms with Crippen LogP contribution in [0.3, 0.4) is 0 Å². The summed E-state index contributed by atoms with van der Waals surface area (Å²) in [5.41, 5.74) is 8.00. The number of morpholine rings is 1. The molecule has 3 amide bonds. The van der Waals surface area contributed by atoms with Gasteiger partial charge in [0.1, 0.15) is 5.75 Å². The second kappa shape index (κ2) is 17.5. The van der Waals surface area contributed by atoms with Gasteiger partial charge in [0.15, 0.2) is 11.5 Å². The number of carbonyl (C=O) groups is 3. The number of phenols is 1. The van der Waals surface area contributed by atoms with Gasteiger partial charge in [-0.2, -0.15) is 0 Å². The number of carbonyl (C=O) groups excluding carboxylic acids is 3. The van der Waals surface area contributed by atoms with Gasteiger partial charge in [0.05, 0.1) is 30.9 Å². The highest BCUT2D eigenvalue weighted by molar-refractivity contribution is 6.09. The number of piperazine rings is 1. The first-order chi connectivity index (χ1) is 30.8. The molecule has 0 radical (unpaired) electrons. The molecule has 10 rings (SSSR count). The van der Waals surface area contributed by atoms with Crippen molar-refractivity contribution in [2.45, 2.75) is 51.4 Å². The zero-order valence-corrected chi connectivity index (χ0v) is 35.8. The number of ether oxygens (including phenoxy) is 3. The highest BCUT2D eigenvalue weighted by Crippen LogP contribution is 2.42. The van der Waals surface area contributed by atoms with Crippen molar-refractivity contribution in [3.8, 4) is 28.5 Å². The summed E-state index contributed by atoms with van der Waals surface area (Å²) >= 11 is 0. The van der Waals surface area contributed by atoms with Crippen LogP contribution in [-0.4, -0.2) is 126 Å². The summed E-state index contributed by atoms with van der Waals surface area (Å²) in [5, 5.41) is 10.3. The average Bonchev–Trinajstić information content (AvgIpc) is 3.95. The minimum Gasteiger partial charge on any atom is -0.508 e. The molecule has 1 N–H and O–H groups in total. The van der Waals surface area contributed by atoms with E-state index in [0.717, 1.165) is 74.5 Å². The smallest absolute Gasteiger partial charge is 0.260 e. The molecule has 5 aliphatic heterocycles. The van der Waals surface area contributed by atoms with Crippen LogP contribution in [0.4, 0.5) is 5.69 Å². The summed E-state index contributed by atoms with van der Waals surface area (Å²) in [5.74, 6) is 0.923. The van der Waals surface area contributed by atoms with Crippen molar-refractivity contribution < 1.29 is 33.7 Å². The van der Waals surface area contributed by atoms with Crippen molar-refractivity contribution in [1.29, 1.82) is 0 Å². The minimum atomic E-state index is -0.193. The van der Waals surface area contributed by atoms with Gasteiger partial charge in [-0.05, 0) is 104 Å². The van der Waals surface area contributed by atoms with E-state index in [0.29, 0.717) is 85.3 Å². The van der Waals surface area contributed by atoms with Crippen LogP contribution in [0.2, 0.25) is 0 Å². The number of rotatable bonds is 9. The fraction of sp³-hybridized carbons (Fsp3) is 0.380. The monoisotopic (exact) mass is 850 g/mol. The van der Waals surface area contributed by atoms with Gasteiger partial charge in [-0.3, -0.25) is 19.3 Å². The number of hydrogen-bond acceptors (Lipinski definition) is 9. The molecule has 326 valence electrons. The lowest BCUT2D eigenvalue weighted by Gasteiger charge is -2.40. The second-order valence-electron chi connectivity index (χ2n) is 17.4. The van der Waals surface area contributed by atoms with Crippen LogP contribution >= 0.6 is 0 Å². The molecule has 13 heteroatoms. The Hall–Kier alpha value is -6.15. The van der Waals surface area contributed by atoms with Crippen LogP contribution < -0.4 is 14.4 Å². The van der Waals surface area contributed by atoms with Gasteiger partial charge in [-0.25, -0.2) is 0 Å². The topological polar surface area (TPSA) is 120 Å². The van der Waals surface area contributed by atoms with Crippen LogP contribution in [0, 0.1) is 0 Å². The van der Waals surface area contributed by atoms with Gasteiger partial charge in [0.2, 0.25) is 6.79 Å². The van der Waals surface area contributed by atoms with Crippen molar-refractivity contribution in [3.05, 3.63) is 130 Å². The Morgan fingerprint density at radius 1 is 0.762 bits per heavy atom. The molecule has 0 saturated carbocycles. The number of likely N-dealkylation sites (N-methyl/N-ethyl adjacent to an activating group) is 1. The summed E-state index contributed by atoms with van der Waals surface area (Å²) in [6, 6.07) is 28.2. The maximum absolute atomic E-state index is 15.3. The maximum Gasteiger partial charge on any atom is 0.260 e. The molecule has 1 aromatic heterocycles. The van der Waals surface area contributed by atoms with Crippen LogP contribution in [0.5, 0.6) is 17.2 Å². The number of aromatic hydroxyl groups is 1. The lowest BCUT2D eigenvalue weighted by molar-refractivity contribution is 0.0193. The highest BCUT2D eigenvalue weighted by atomic mass is 16.7. The number of anilines is 1. The number of amides is 3. The van der Waals surface area contributed by atoms with E-state index in [9.17, 15) is 9.90 Å². The van der Waals surface area contributed by atoms with Crippen LogP contribution in [0.1, 0.15) is 66.3 Å². The molecule has 13 nitrogen and oxygen atoms in total. The first kappa shape index (κ1) is 40.9. The Morgan fingerprint density at radius 3 is 2.25 bits per heavy atom. The molecule has 5 aliphatic rings. The highest BCUT2D eigenvalue weighted by Gasteiger charge is 2.36. The number of benzene rings is 4. The van der Waals surface area contributed by atoms with Crippen molar-refractivity contribution in [2.75, 3.05) is 77.8 Å².